The van der Waals surface area contributed by atoms with E-state index in [1.807, 2.05) is 32.9 Å². The molecule has 1 aromatic carbocycles. The molecule has 0 aliphatic rings. The molecule has 0 radical (unpaired) electrons. The Labute approximate surface area is 97.1 Å². The number of rotatable bonds is 0. The maximum absolute atomic E-state index is 11.8. The van der Waals surface area contributed by atoms with E-state index in [2.05, 4.69) is 15.2 Å². The van der Waals surface area contributed by atoms with Gasteiger partial charge in [-0.2, -0.15) is 5.10 Å². The van der Waals surface area contributed by atoms with Gasteiger partial charge < -0.3 is 0 Å². The number of fused-ring (bicyclic) bond motifs is 3. The first-order chi connectivity index (χ1) is 8.08. The molecule has 0 unspecified atom stereocenters. The third-order valence-corrected chi connectivity index (χ3v) is 3.12. The summed E-state index contributed by atoms with van der Waals surface area (Å²) in [6.07, 6.45) is 0. The normalized spacial score (nSPS) is 11.5. The number of benzene rings is 1. The zero-order chi connectivity index (χ0) is 12.2. The molecule has 0 aliphatic carbocycles. The van der Waals surface area contributed by atoms with Crippen LogP contribution in [-0.4, -0.2) is 19.6 Å². The third kappa shape index (κ3) is 1.28. The molecule has 17 heavy (non-hydrogen) atoms. The molecule has 0 bridgehead atoms. The first-order valence-corrected chi connectivity index (χ1v) is 5.42. The van der Waals surface area contributed by atoms with Crippen molar-refractivity contribution in [1.29, 1.82) is 0 Å². The summed E-state index contributed by atoms with van der Waals surface area (Å²) in [5.41, 5.74) is 5.04. The van der Waals surface area contributed by atoms with Crippen molar-refractivity contribution < 1.29 is 0 Å². The van der Waals surface area contributed by atoms with Crippen molar-refractivity contribution in [3.05, 3.63) is 39.4 Å². The van der Waals surface area contributed by atoms with Gasteiger partial charge in [-0.1, -0.05) is 0 Å². The van der Waals surface area contributed by atoms with Gasteiger partial charge in [0.25, 0.3) is 0 Å². The number of hydrogen-bond donors (Lipinski definition) is 1. The lowest BCUT2D eigenvalue weighted by Crippen LogP contribution is -2.11. The Bertz CT molecular complexity index is 797. The van der Waals surface area contributed by atoms with Crippen LogP contribution in [0.25, 0.3) is 16.7 Å². The first-order valence-electron chi connectivity index (χ1n) is 5.42. The molecule has 0 spiro atoms. The number of nitrogens with zero attached hydrogens (tertiary/aromatic N) is 3. The Balaban J connectivity index is 2.67. The van der Waals surface area contributed by atoms with Gasteiger partial charge in [0.05, 0.1) is 16.7 Å². The standard InChI is InChI=1S/C12H12N4O/c1-6-4-9-10(5-7(6)2)16-11(8(3)13-9)14-15-12(16)17/h4-5H,1-3H3,(H,15,17). The fourth-order valence-electron chi connectivity index (χ4n) is 2.05. The van der Waals surface area contributed by atoms with E-state index in [1.54, 1.807) is 4.40 Å². The van der Waals surface area contributed by atoms with Crippen molar-refractivity contribution in [3.63, 3.8) is 0 Å². The highest BCUT2D eigenvalue weighted by Gasteiger charge is 2.10. The second kappa shape index (κ2) is 3.16. The fourth-order valence-corrected chi connectivity index (χ4v) is 2.05. The highest BCUT2D eigenvalue weighted by Crippen LogP contribution is 2.18. The molecule has 1 N–H and O–H groups in total. The smallest absolute Gasteiger partial charge is 0.248 e. The van der Waals surface area contributed by atoms with Crippen LogP contribution >= 0.6 is 0 Å². The third-order valence-electron chi connectivity index (χ3n) is 3.12. The zero-order valence-corrected chi connectivity index (χ0v) is 9.90. The number of nitrogens with one attached hydrogen (secondary N) is 1. The lowest BCUT2D eigenvalue weighted by molar-refractivity contribution is 1.04. The monoisotopic (exact) mass is 228 g/mol. The van der Waals surface area contributed by atoms with Crippen molar-refractivity contribution >= 4 is 16.7 Å². The summed E-state index contributed by atoms with van der Waals surface area (Å²) in [7, 11) is 0. The summed E-state index contributed by atoms with van der Waals surface area (Å²) < 4.78 is 1.57. The van der Waals surface area contributed by atoms with E-state index in [0.29, 0.717) is 5.65 Å². The Hall–Kier alpha value is -2.17. The highest BCUT2D eigenvalue weighted by molar-refractivity contribution is 5.79. The predicted octanol–water partition coefficient (Wildman–Crippen LogP) is 1.50. The zero-order valence-electron chi connectivity index (χ0n) is 9.90. The topological polar surface area (TPSA) is 63.0 Å². The lowest BCUT2D eigenvalue weighted by Gasteiger charge is -2.06. The minimum absolute atomic E-state index is 0.223. The summed E-state index contributed by atoms with van der Waals surface area (Å²) >= 11 is 0. The average molecular weight is 228 g/mol. The molecule has 5 nitrogen and oxygen atoms in total. The molecule has 2 heterocycles. The number of H-pyrrole nitrogens is 1. The minimum atomic E-state index is -0.223. The van der Waals surface area contributed by atoms with Gasteiger partial charge in [0.15, 0.2) is 5.65 Å². The number of aromatic nitrogens is 4. The van der Waals surface area contributed by atoms with Crippen molar-refractivity contribution in [3.8, 4) is 0 Å². The molecule has 3 aromatic rings. The molecular weight excluding hydrogens is 216 g/mol. The van der Waals surface area contributed by atoms with Crippen molar-refractivity contribution in [2.75, 3.05) is 0 Å². The van der Waals surface area contributed by atoms with Crippen LogP contribution < -0.4 is 5.69 Å². The van der Waals surface area contributed by atoms with E-state index in [0.717, 1.165) is 22.3 Å². The van der Waals surface area contributed by atoms with Gasteiger partial charge in [-0.15, -0.1) is 0 Å². The second-order valence-electron chi connectivity index (χ2n) is 4.31. The van der Waals surface area contributed by atoms with Crippen LogP contribution in [0.4, 0.5) is 0 Å². The van der Waals surface area contributed by atoms with Gasteiger partial charge in [-0.05, 0) is 44.0 Å². The minimum Gasteiger partial charge on any atom is -0.248 e. The molecule has 0 amide bonds. The van der Waals surface area contributed by atoms with Crippen LogP contribution in [0.3, 0.4) is 0 Å². The molecule has 3 rings (SSSR count). The number of aryl methyl sites for hydroxylation is 3. The number of hydrogen-bond acceptors (Lipinski definition) is 3. The second-order valence-corrected chi connectivity index (χ2v) is 4.31. The van der Waals surface area contributed by atoms with E-state index in [1.165, 1.54) is 5.56 Å². The average Bonchev–Trinajstić information content (AvgIpc) is 2.65. The molecule has 0 atom stereocenters. The van der Waals surface area contributed by atoms with Gasteiger partial charge in [-0.25, -0.2) is 19.3 Å². The van der Waals surface area contributed by atoms with Crippen molar-refractivity contribution in [2.45, 2.75) is 20.8 Å². The molecule has 2 aromatic heterocycles. The van der Waals surface area contributed by atoms with Gasteiger partial charge in [-0.3, -0.25) is 0 Å². The fraction of sp³-hybridized carbons (Fsp3) is 0.250. The molecule has 0 fully saturated rings. The van der Waals surface area contributed by atoms with E-state index in [9.17, 15) is 4.79 Å². The van der Waals surface area contributed by atoms with Crippen LogP contribution in [0, 0.1) is 20.8 Å². The quantitative estimate of drug-likeness (QED) is 0.634. The van der Waals surface area contributed by atoms with E-state index in [4.69, 9.17) is 0 Å². The molecule has 0 saturated heterocycles. The predicted molar refractivity (Wildman–Crippen MR) is 65.3 cm³/mol. The molecule has 0 saturated carbocycles. The van der Waals surface area contributed by atoms with E-state index < -0.39 is 0 Å². The Kier molecular flexibility index (Phi) is 1.86. The SMILES string of the molecule is Cc1cc2nc(C)c3n[nH]c(=O)n3c2cc1C. The summed E-state index contributed by atoms with van der Waals surface area (Å²) in [4.78, 5) is 16.2. The van der Waals surface area contributed by atoms with Crippen molar-refractivity contribution in [1.82, 2.24) is 19.6 Å². The van der Waals surface area contributed by atoms with Crippen LogP contribution in [0.1, 0.15) is 16.8 Å². The Morgan fingerprint density at radius 1 is 1.18 bits per heavy atom. The maximum Gasteiger partial charge on any atom is 0.348 e. The lowest BCUT2D eigenvalue weighted by atomic mass is 10.1. The van der Waals surface area contributed by atoms with Gasteiger partial charge in [0, 0.05) is 0 Å². The Morgan fingerprint density at radius 2 is 1.88 bits per heavy atom. The largest absolute Gasteiger partial charge is 0.348 e. The van der Waals surface area contributed by atoms with Gasteiger partial charge in [0.1, 0.15) is 0 Å². The van der Waals surface area contributed by atoms with Gasteiger partial charge in [0.2, 0.25) is 0 Å². The molecule has 86 valence electrons. The van der Waals surface area contributed by atoms with Crippen LogP contribution in [0.15, 0.2) is 16.9 Å². The molecule has 0 aliphatic heterocycles. The summed E-state index contributed by atoms with van der Waals surface area (Å²) in [6, 6.07) is 3.97. The van der Waals surface area contributed by atoms with E-state index in [-0.39, 0.29) is 5.69 Å². The first kappa shape index (κ1) is 10.0. The summed E-state index contributed by atoms with van der Waals surface area (Å²) in [5.74, 6) is 0. The molecule has 5 heteroatoms. The number of aromatic amines is 1. The van der Waals surface area contributed by atoms with Gasteiger partial charge >= 0.3 is 5.69 Å². The van der Waals surface area contributed by atoms with Crippen molar-refractivity contribution in [2.24, 2.45) is 0 Å². The van der Waals surface area contributed by atoms with Crippen LogP contribution in [0.5, 0.6) is 0 Å². The van der Waals surface area contributed by atoms with E-state index >= 15 is 0 Å². The van der Waals surface area contributed by atoms with Crippen LogP contribution in [0.2, 0.25) is 0 Å². The highest BCUT2D eigenvalue weighted by atomic mass is 16.1. The molecular formula is C12H12N4O. The van der Waals surface area contributed by atoms with Crippen LogP contribution in [-0.2, 0) is 0 Å². The Morgan fingerprint density at radius 3 is 2.65 bits per heavy atom. The summed E-state index contributed by atoms with van der Waals surface area (Å²) in [5, 5.41) is 6.44. The maximum atomic E-state index is 11.8. The summed E-state index contributed by atoms with van der Waals surface area (Å²) in [6.45, 7) is 5.91.